The van der Waals surface area contributed by atoms with E-state index in [4.69, 9.17) is 16.3 Å². The summed E-state index contributed by atoms with van der Waals surface area (Å²) in [5, 5.41) is 2.83. The first kappa shape index (κ1) is 21.6. The van der Waals surface area contributed by atoms with Gasteiger partial charge in [0.1, 0.15) is 6.04 Å². The Balaban J connectivity index is 1.83. The maximum absolute atomic E-state index is 12.2. The van der Waals surface area contributed by atoms with Gasteiger partial charge in [0, 0.05) is 11.1 Å². The minimum atomic E-state index is -3.97. The lowest BCUT2D eigenvalue weighted by Gasteiger charge is -2.15. The monoisotopic (exact) mass is 438 g/mol. The number of amides is 1. The SMILES string of the molecule is C[C@H](NS(=O)(=O)c1ccc(Cl)cc1)C(=O)OCC(=O)NC1CCS(=O)(=O)C1. The van der Waals surface area contributed by atoms with Crippen LogP contribution in [0.2, 0.25) is 5.02 Å². The van der Waals surface area contributed by atoms with Crippen molar-refractivity contribution in [2.45, 2.75) is 30.3 Å². The van der Waals surface area contributed by atoms with Gasteiger partial charge in [-0.1, -0.05) is 11.6 Å². The number of carbonyl (C=O) groups excluding carboxylic acids is 2. The van der Waals surface area contributed by atoms with E-state index >= 15 is 0 Å². The van der Waals surface area contributed by atoms with E-state index in [1.54, 1.807) is 0 Å². The summed E-state index contributed by atoms with van der Waals surface area (Å²) in [5.41, 5.74) is 0. The fourth-order valence-corrected chi connectivity index (χ4v) is 5.39. The van der Waals surface area contributed by atoms with Crippen LogP contribution in [0.3, 0.4) is 0 Å². The number of sulfone groups is 1. The summed E-state index contributed by atoms with van der Waals surface area (Å²) in [6.45, 7) is 0.639. The van der Waals surface area contributed by atoms with Gasteiger partial charge in [-0.15, -0.1) is 0 Å². The van der Waals surface area contributed by atoms with Gasteiger partial charge in [0.25, 0.3) is 5.91 Å². The second-order valence-corrected chi connectivity index (χ2v) is 10.5. The van der Waals surface area contributed by atoms with E-state index in [2.05, 4.69) is 10.0 Å². The molecule has 1 heterocycles. The molecular weight excluding hydrogens is 420 g/mol. The fraction of sp³-hybridized carbons (Fsp3) is 0.467. The van der Waals surface area contributed by atoms with Gasteiger partial charge >= 0.3 is 5.97 Å². The van der Waals surface area contributed by atoms with E-state index in [0.717, 1.165) is 0 Å². The van der Waals surface area contributed by atoms with Crippen molar-refractivity contribution in [3.63, 3.8) is 0 Å². The minimum absolute atomic E-state index is 0.00124. The number of carbonyl (C=O) groups is 2. The minimum Gasteiger partial charge on any atom is -0.454 e. The number of hydrogen-bond acceptors (Lipinski definition) is 7. The summed E-state index contributed by atoms with van der Waals surface area (Å²) in [4.78, 5) is 23.6. The Morgan fingerprint density at radius 2 is 1.93 bits per heavy atom. The smallest absolute Gasteiger partial charge is 0.324 e. The Morgan fingerprint density at radius 3 is 2.48 bits per heavy atom. The van der Waals surface area contributed by atoms with Crippen LogP contribution >= 0.6 is 11.6 Å². The number of sulfonamides is 1. The van der Waals surface area contributed by atoms with E-state index in [1.807, 2.05) is 0 Å². The van der Waals surface area contributed by atoms with Crippen LogP contribution in [-0.2, 0) is 34.2 Å². The third-order valence-electron chi connectivity index (χ3n) is 3.75. The molecule has 0 spiro atoms. The third kappa shape index (κ3) is 6.45. The highest BCUT2D eigenvalue weighted by Gasteiger charge is 2.29. The van der Waals surface area contributed by atoms with E-state index in [9.17, 15) is 26.4 Å². The van der Waals surface area contributed by atoms with Crippen molar-refractivity contribution in [3.8, 4) is 0 Å². The van der Waals surface area contributed by atoms with Crippen molar-refractivity contribution in [2.75, 3.05) is 18.1 Å². The number of esters is 1. The van der Waals surface area contributed by atoms with Gasteiger partial charge in [0.05, 0.1) is 16.4 Å². The van der Waals surface area contributed by atoms with Gasteiger partial charge < -0.3 is 10.1 Å². The van der Waals surface area contributed by atoms with Crippen molar-refractivity contribution >= 4 is 43.3 Å². The highest BCUT2D eigenvalue weighted by molar-refractivity contribution is 7.91. The zero-order valence-corrected chi connectivity index (χ0v) is 16.7. The number of halogens is 1. The van der Waals surface area contributed by atoms with E-state index < -0.39 is 50.4 Å². The van der Waals surface area contributed by atoms with Crippen LogP contribution < -0.4 is 10.0 Å². The van der Waals surface area contributed by atoms with Gasteiger partial charge in [-0.3, -0.25) is 9.59 Å². The Bertz CT molecular complexity index is 914. The average Bonchev–Trinajstić information content (AvgIpc) is 2.91. The van der Waals surface area contributed by atoms with Gasteiger partial charge in [-0.05, 0) is 37.6 Å². The maximum Gasteiger partial charge on any atom is 0.324 e. The van der Waals surface area contributed by atoms with Crippen LogP contribution in [0.4, 0.5) is 0 Å². The number of hydrogen-bond donors (Lipinski definition) is 2. The molecular formula is C15H19ClN2O7S2. The van der Waals surface area contributed by atoms with Crippen LogP contribution in [0.15, 0.2) is 29.2 Å². The molecule has 0 radical (unpaired) electrons. The van der Waals surface area contributed by atoms with Crippen molar-refractivity contribution in [1.29, 1.82) is 0 Å². The van der Waals surface area contributed by atoms with E-state index in [0.29, 0.717) is 11.4 Å². The summed E-state index contributed by atoms with van der Waals surface area (Å²) in [6, 6.07) is 3.61. The summed E-state index contributed by atoms with van der Waals surface area (Å²) >= 11 is 5.70. The average molecular weight is 439 g/mol. The van der Waals surface area contributed by atoms with Gasteiger partial charge in [0.2, 0.25) is 10.0 Å². The number of ether oxygens (including phenoxy) is 1. The molecule has 2 N–H and O–H groups in total. The summed E-state index contributed by atoms with van der Waals surface area (Å²) in [6.07, 6.45) is 0.305. The molecule has 12 heteroatoms. The molecule has 0 aromatic heterocycles. The normalized spacial score (nSPS) is 20.0. The predicted molar refractivity (Wildman–Crippen MR) is 97.4 cm³/mol. The van der Waals surface area contributed by atoms with Gasteiger partial charge in [0.15, 0.2) is 16.4 Å². The highest BCUT2D eigenvalue weighted by Crippen LogP contribution is 2.14. The largest absolute Gasteiger partial charge is 0.454 e. The standard InChI is InChI=1S/C15H19ClN2O7S2/c1-10(18-27(23,24)13-4-2-11(16)3-5-13)15(20)25-8-14(19)17-12-6-7-26(21,22)9-12/h2-5,10,12,18H,6-9H2,1H3,(H,17,19)/t10-,12?/m0/s1. The number of benzene rings is 1. The third-order valence-corrected chi connectivity index (χ3v) is 7.33. The topological polar surface area (TPSA) is 136 Å². The van der Waals surface area contributed by atoms with Crippen LogP contribution in [0, 0.1) is 0 Å². The number of nitrogens with one attached hydrogen (secondary N) is 2. The molecule has 1 fully saturated rings. The molecule has 1 saturated heterocycles. The fourth-order valence-electron chi connectivity index (χ4n) is 2.40. The van der Waals surface area contributed by atoms with Gasteiger partial charge in [-0.25, -0.2) is 16.8 Å². The second-order valence-electron chi connectivity index (χ2n) is 6.07. The molecule has 27 heavy (non-hydrogen) atoms. The van der Waals surface area contributed by atoms with Crippen molar-refractivity contribution in [2.24, 2.45) is 0 Å². The lowest BCUT2D eigenvalue weighted by Crippen LogP contribution is -2.42. The van der Waals surface area contributed by atoms with Crippen molar-refractivity contribution in [3.05, 3.63) is 29.3 Å². The maximum atomic E-state index is 12.2. The highest BCUT2D eigenvalue weighted by atomic mass is 35.5. The van der Waals surface area contributed by atoms with Gasteiger partial charge in [-0.2, -0.15) is 4.72 Å². The van der Waals surface area contributed by atoms with E-state index in [-0.39, 0.29) is 16.4 Å². The molecule has 9 nitrogen and oxygen atoms in total. The van der Waals surface area contributed by atoms with Crippen molar-refractivity contribution in [1.82, 2.24) is 10.0 Å². The first-order valence-corrected chi connectivity index (χ1v) is 11.6. The molecule has 1 unspecified atom stereocenters. The molecule has 2 atom stereocenters. The Kier molecular flexibility index (Phi) is 6.84. The lowest BCUT2D eigenvalue weighted by molar-refractivity contribution is -0.149. The molecule has 1 aliphatic rings. The predicted octanol–water partition coefficient (Wildman–Crippen LogP) is -0.147. The van der Waals surface area contributed by atoms with Crippen LogP contribution in [0.1, 0.15) is 13.3 Å². The molecule has 1 amide bonds. The van der Waals surface area contributed by atoms with E-state index in [1.165, 1.54) is 31.2 Å². The van der Waals surface area contributed by atoms with Crippen molar-refractivity contribution < 1.29 is 31.2 Å². The zero-order valence-electron chi connectivity index (χ0n) is 14.3. The summed E-state index contributed by atoms with van der Waals surface area (Å²) < 4.78 is 54.0. The van der Waals surface area contributed by atoms with Crippen LogP contribution in [0.25, 0.3) is 0 Å². The Hall–Kier alpha value is -1.69. The lowest BCUT2D eigenvalue weighted by atomic mass is 10.2. The molecule has 1 aliphatic heterocycles. The summed E-state index contributed by atoms with van der Waals surface area (Å²) in [7, 11) is -7.11. The number of rotatable bonds is 7. The molecule has 0 saturated carbocycles. The Morgan fingerprint density at radius 1 is 1.30 bits per heavy atom. The molecule has 150 valence electrons. The molecule has 0 aliphatic carbocycles. The summed E-state index contributed by atoms with van der Waals surface area (Å²) in [5.74, 6) is -1.74. The molecule has 2 rings (SSSR count). The quantitative estimate of drug-likeness (QED) is 0.565. The molecule has 0 bridgehead atoms. The first-order chi connectivity index (χ1) is 12.5. The van der Waals surface area contributed by atoms with Crippen LogP contribution in [-0.4, -0.2) is 58.9 Å². The molecule has 1 aromatic rings. The second kappa shape index (κ2) is 8.55. The zero-order chi connectivity index (χ0) is 20.2. The molecule has 1 aromatic carbocycles. The first-order valence-electron chi connectivity index (χ1n) is 7.93. The Labute approximate surface area is 162 Å². The van der Waals surface area contributed by atoms with Crippen LogP contribution in [0.5, 0.6) is 0 Å².